The molecule has 166 valence electrons. The van der Waals surface area contributed by atoms with Crippen molar-refractivity contribution in [1.82, 2.24) is 4.83 Å². The van der Waals surface area contributed by atoms with Gasteiger partial charge in [-0.1, -0.05) is 24.3 Å². The summed E-state index contributed by atoms with van der Waals surface area (Å²) in [6, 6.07) is 13.7. The maximum Gasteiger partial charge on any atom is 0.291 e. The van der Waals surface area contributed by atoms with E-state index in [9.17, 15) is 13.2 Å². The van der Waals surface area contributed by atoms with Gasteiger partial charge in [0.05, 0.1) is 16.3 Å². The minimum absolute atomic E-state index is 0.132. The van der Waals surface area contributed by atoms with E-state index >= 15 is 0 Å². The van der Waals surface area contributed by atoms with Crippen LogP contribution in [-0.4, -0.2) is 20.0 Å². The summed E-state index contributed by atoms with van der Waals surface area (Å²) in [4.78, 5) is 15.4. The SMILES string of the molecule is Cc1ccc(NC(=O)c2oc3c(c2C)/C(=N/NS(=O)(=O)c2ccccc2)CCC3)c(Br)c1. The lowest BCUT2D eigenvalue weighted by atomic mass is 9.93. The second kappa shape index (κ2) is 8.91. The molecule has 0 saturated heterocycles. The van der Waals surface area contributed by atoms with Gasteiger partial charge in [0.25, 0.3) is 15.9 Å². The van der Waals surface area contributed by atoms with Crippen LogP contribution in [0.1, 0.15) is 45.8 Å². The number of carbonyl (C=O) groups excluding carboxylic acids is 1. The van der Waals surface area contributed by atoms with E-state index in [1.807, 2.05) is 25.1 Å². The number of halogens is 1. The predicted octanol–water partition coefficient (Wildman–Crippen LogP) is 4.93. The molecule has 9 heteroatoms. The summed E-state index contributed by atoms with van der Waals surface area (Å²) in [7, 11) is -3.79. The highest BCUT2D eigenvalue weighted by Crippen LogP contribution is 2.31. The van der Waals surface area contributed by atoms with E-state index in [1.54, 1.807) is 25.1 Å². The van der Waals surface area contributed by atoms with Crippen molar-refractivity contribution in [2.45, 2.75) is 38.0 Å². The number of aryl methyl sites for hydroxylation is 2. The minimum Gasteiger partial charge on any atom is -0.455 e. The van der Waals surface area contributed by atoms with E-state index in [0.29, 0.717) is 41.1 Å². The van der Waals surface area contributed by atoms with Crippen LogP contribution < -0.4 is 10.1 Å². The molecule has 32 heavy (non-hydrogen) atoms. The van der Waals surface area contributed by atoms with Gasteiger partial charge in [0.2, 0.25) is 0 Å². The topological polar surface area (TPSA) is 101 Å². The van der Waals surface area contributed by atoms with Gasteiger partial charge in [0.1, 0.15) is 5.76 Å². The molecule has 1 aromatic heterocycles. The Hall–Kier alpha value is -2.91. The number of nitrogens with one attached hydrogen (secondary N) is 2. The van der Waals surface area contributed by atoms with Crippen LogP contribution in [0.2, 0.25) is 0 Å². The van der Waals surface area contributed by atoms with E-state index in [2.05, 4.69) is 31.2 Å². The van der Waals surface area contributed by atoms with Crippen LogP contribution in [0, 0.1) is 13.8 Å². The molecule has 0 radical (unpaired) electrons. The van der Waals surface area contributed by atoms with E-state index in [-0.39, 0.29) is 16.6 Å². The number of amides is 1. The molecule has 0 saturated carbocycles. The lowest BCUT2D eigenvalue weighted by Crippen LogP contribution is -2.22. The lowest BCUT2D eigenvalue weighted by Gasteiger charge is -2.14. The Morgan fingerprint density at radius 1 is 1.09 bits per heavy atom. The Morgan fingerprint density at radius 2 is 1.84 bits per heavy atom. The van der Waals surface area contributed by atoms with Crippen LogP contribution >= 0.6 is 15.9 Å². The van der Waals surface area contributed by atoms with Gasteiger partial charge in [-0.2, -0.15) is 18.4 Å². The first kappa shape index (κ1) is 22.3. The van der Waals surface area contributed by atoms with Crippen molar-refractivity contribution in [1.29, 1.82) is 0 Å². The molecule has 2 aromatic carbocycles. The fraction of sp³-hybridized carbons (Fsp3) is 0.217. The van der Waals surface area contributed by atoms with Gasteiger partial charge in [0.15, 0.2) is 5.76 Å². The molecule has 3 aromatic rings. The third-order valence-corrected chi connectivity index (χ3v) is 7.14. The zero-order chi connectivity index (χ0) is 22.9. The summed E-state index contributed by atoms with van der Waals surface area (Å²) >= 11 is 3.46. The first-order chi connectivity index (χ1) is 15.3. The molecule has 1 amide bonds. The van der Waals surface area contributed by atoms with E-state index in [4.69, 9.17) is 4.42 Å². The number of hydrogen-bond acceptors (Lipinski definition) is 5. The number of anilines is 1. The Labute approximate surface area is 195 Å². The Balaban J connectivity index is 1.61. The molecule has 0 unspecified atom stereocenters. The number of hydrogen-bond donors (Lipinski definition) is 2. The number of nitrogens with zero attached hydrogens (tertiary/aromatic N) is 1. The van der Waals surface area contributed by atoms with Crippen molar-refractivity contribution in [2.24, 2.45) is 5.10 Å². The maximum atomic E-state index is 12.9. The van der Waals surface area contributed by atoms with Gasteiger partial charge in [-0.15, -0.1) is 0 Å². The molecule has 1 aliphatic carbocycles. The highest BCUT2D eigenvalue weighted by atomic mass is 79.9. The first-order valence-corrected chi connectivity index (χ1v) is 12.4. The third kappa shape index (κ3) is 4.49. The smallest absolute Gasteiger partial charge is 0.291 e. The van der Waals surface area contributed by atoms with Gasteiger partial charge in [-0.3, -0.25) is 4.79 Å². The lowest BCUT2D eigenvalue weighted by molar-refractivity contribution is 0.0994. The second-order valence-corrected chi connectivity index (χ2v) is 10.1. The van der Waals surface area contributed by atoms with Gasteiger partial charge >= 0.3 is 0 Å². The highest BCUT2D eigenvalue weighted by Gasteiger charge is 2.28. The Bertz CT molecular complexity index is 1310. The largest absolute Gasteiger partial charge is 0.455 e. The zero-order valence-corrected chi connectivity index (χ0v) is 20.0. The first-order valence-electron chi connectivity index (χ1n) is 10.1. The van der Waals surface area contributed by atoms with Gasteiger partial charge < -0.3 is 9.73 Å². The Morgan fingerprint density at radius 3 is 2.56 bits per heavy atom. The van der Waals surface area contributed by atoms with Crippen LogP contribution in [0.5, 0.6) is 0 Å². The van der Waals surface area contributed by atoms with Gasteiger partial charge in [0, 0.05) is 22.0 Å². The van der Waals surface area contributed by atoms with Crippen LogP contribution in [0.15, 0.2) is 67.4 Å². The van der Waals surface area contributed by atoms with Crippen LogP contribution in [0.3, 0.4) is 0 Å². The van der Waals surface area contributed by atoms with Crippen molar-refractivity contribution < 1.29 is 17.6 Å². The molecule has 2 N–H and O–H groups in total. The molecular formula is C23H22BrN3O4S. The Kier molecular flexibility index (Phi) is 6.21. The molecule has 0 atom stereocenters. The number of fused-ring (bicyclic) bond motifs is 1. The fourth-order valence-corrected chi connectivity index (χ4v) is 5.11. The highest BCUT2D eigenvalue weighted by molar-refractivity contribution is 9.10. The molecule has 0 aliphatic heterocycles. The summed E-state index contributed by atoms with van der Waals surface area (Å²) in [5.74, 6) is 0.466. The summed E-state index contributed by atoms with van der Waals surface area (Å²) in [5, 5.41) is 7.06. The van der Waals surface area contributed by atoms with Crippen molar-refractivity contribution in [3.05, 3.63) is 81.2 Å². The van der Waals surface area contributed by atoms with Gasteiger partial charge in [-0.25, -0.2) is 0 Å². The molecule has 4 rings (SSSR count). The van der Waals surface area contributed by atoms with Crippen LogP contribution in [-0.2, 0) is 16.4 Å². The minimum atomic E-state index is -3.79. The van der Waals surface area contributed by atoms with E-state index < -0.39 is 10.0 Å². The monoisotopic (exact) mass is 515 g/mol. The average Bonchev–Trinajstić information content (AvgIpc) is 3.12. The van der Waals surface area contributed by atoms with Crippen molar-refractivity contribution in [3.63, 3.8) is 0 Å². The molecule has 0 bridgehead atoms. The van der Waals surface area contributed by atoms with Crippen LogP contribution in [0.25, 0.3) is 0 Å². The number of furan rings is 1. The maximum absolute atomic E-state index is 12.9. The van der Waals surface area contributed by atoms with Crippen molar-refractivity contribution in [2.75, 3.05) is 5.32 Å². The summed E-state index contributed by atoms with van der Waals surface area (Å²) in [6.07, 6.45) is 1.98. The van der Waals surface area contributed by atoms with E-state index in [0.717, 1.165) is 16.5 Å². The fourth-order valence-electron chi connectivity index (χ4n) is 3.66. The summed E-state index contributed by atoms with van der Waals surface area (Å²) in [5.41, 5.74) is 3.60. The predicted molar refractivity (Wildman–Crippen MR) is 127 cm³/mol. The number of benzene rings is 2. The molecule has 7 nitrogen and oxygen atoms in total. The second-order valence-electron chi connectivity index (χ2n) is 7.61. The summed E-state index contributed by atoms with van der Waals surface area (Å²) < 4.78 is 31.7. The molecule has 1 aliphatic rings. The normalized spacial score (nSPS) is 14.8. The molecule has 1 heterocycles. The number of sulfonamides is 1. The van der Waals surface area contributed by atoms with E-state index in [1.165, 1.54) is 12.1 Å². The number of carbonyl (C=O) groups is 1. The standard InChI is InChI=1S/C23H22BrN3O4S/c1-14-11-12-18(17(24)13-14)25-23(28)22-15(2)21-19(9-6-10-20(21)31-22)26-27-32(29,30)16-7-4-3-5-8-16/h3-5,7-8,11-13,27H,6,9-10H2,1-2H3,(H,25,28)/b26-19+. The molecule has 0 spiro atoms. The summed E-state index contributed by atoms with van der Waals surface area (Å²) in [6.45, 7) is 3.75. The quantitative estimate of drug-likeness (QED) is 0.470. The third-order valence-electron chi connectivity index (χ3n) is 5.26. The molecular weight excluding hydrogens is 494 g/mol. The average molecular weight is 516 g/mol. The number of rotatable bonds is 5. The van der Waals surface area contributed by atoms with Crippen LogP contribution in [0.4, 0.5) is 5.69 Å². The zero-order valence-electron chi connectivity index (χ0n) is 17.6. The number of hydrazone groups is 1. The van der Waals surface area contributed by atoms with Crippen molar-refractivity contribution >= 4 is 43.3 Å². The van der Waals surface area contributed by atoms with Crippen molar-refractivity contribution in [3.8, 4) is 0 Å². The van der Waals surface area contributed by atoms with Gasteiger partial charge in [-0.05, 0) is 72.4 Å². The molecule has 0 fully saturated rings.